The number of para-hydroxylation sites is 1. The van der Waals surface area contributed by atoms with Gasteiger partial charge in [0, 0.05) is 18.7 Å². The summed E-state index contributed by atoms with van der Waals surface area (Å²) >= 11 is 0. The van der Waals surface area contributed by atoms with Crippen molar-refractivity contribution >= 4 is 17.5 Å². The first kappa shape index (κ1) is 15.2. The van der Waals surface area contributed by atoms with E-state index in [1.807, 2.05) is 41.3 Å². The number of ether oxygens (including phenoxy) is 1. The Morgan fingerprint density at radius 1 is 1.19 bits per heavy atom. The van der Waals surface area contributed by atoms with Crippen LogP contribution in [0.25, 0.3) is 16.9 Å². The van der Waals surface area contributed by atoms with Crippen LogP contribution in [0.5, 0.6) is 5.75 Å². The summed E-state index contributed by atoms with van der Waals surface area (Å²) in [5.74, 6) is 1.42. The van der Waals surface area contributed by atoms with Crippen LogP contribution < -0.4 is 9.64 Å². The minimum absolute atomic E-state index is 0.0540. The average molecular weight is 349 g/mol. The van der Waals surface area contributed by atoms with Gasteiger partial charge in [-0.2, -0.15) is 0 Å². The Labute approximate surface area is 150 Å². The van der Waals surface area contributed by atoms with Crippen molar-refractivity contribution in [2.24, 2.45) is 0 Å². The first-order valence-electron chi connectivity index (χ1n) is 8.82. The van der Waals surface area contributed by atoms with E-state index in [9.17, 15) is 4.79 Å². The maximum Gasteiger partial charge on any atom is 0.326 e. The third-order valence-corrected chi connectivity index (χ3v) is 5.25. The van der Waals surface area contributed by atoms with Crippen LogP contribution in [-0.2, 0) is 0 Å². The number of carbonyl (C=O) groups excluding carboxylic acids is 1. The summed E-state index contributed by atoms with van der Waals surface area (Å²) in [4.78, 5) is 20.9. The van der Waals surface area contributed by atoms with Gasteiger partial charge in [0.25, 0.3) is 0 Å². The maximum atomic E-state index is 12.7. The molecule has 3 aromatic rings. The van der Waals surface area contributed by atoms with Gasteiger partial charge >= 0.3 is 6.03 Å². The van der Waals surface area contributed by atoms with Crippen molar-refractivity contribution in [3.8, 4) is 17.0 Å². The molecule has 2 fully saturated rings. The molecular formula is C19H19N5O2. The number of hydrogen-bond acceptors (Lipinski definition) is 4. The number of imidazole rings is 1. The monoisotopic (exact) mass is 349 g/mol. The van der Waals surface area contributed by atoms with Crippen LogP contribution in [-0.4, -0.2) is 51.8 Å². The molecule has 2 aliphatic heterocycles. The topological polar surface area (TPSA) is 63.0 Å². The summed E-state index contributed by atoms with van der Waals surface area (Å²) in [6.07, 6.45) is 3.95. The van der Waals surface area contributed by atoms with Gasteiger partial charge in [-0.1, -0.05) is 12.1 Å². The molecule has 0 aliphatic carbocycles. The number of methoxy groups -OCH3 is 1. The highest BCUT2D eigenvalue weighted by Gasteiger charge is 2.41. The second-order valence-electron chi connectivity index (χ2n) is 6.69. The number of fused-ring (bicyclic) bond motifs is 2. The van der Waals surface area contributed by atoms with Crippen LogP contribution in [0.3, 0.4) is 0 Å². The van der Waals surface area contributed by atoms with Crippen molar-refractivity contribution in [2.75, 3.05) is 25.1 Å². The minimum Gasteiger partial charge on any atom is -0.496 e. The molecule has 7 heteroatoms. The molecule has 2 amide bonds. The molecule has 0 saturated carbocycles. The minimum atomic E-state index is 0.0540. The van der Waals surface area contributed by atoms with Crippen LogP contribution in [0.4, 0.5) is 10.6 Å². The molecule has 1 aromatic carbocycles. The van der Waals surface area contributed by atoms with Gasteiger partial charge in [-0.05, 0) is 37.1 Å². The molecule has 0 unspecified atom stereocenters. The first-order valence-corrected chi connectivity index (χ1v) is 8.82. The number of urea groups is 1. The standard InChI is InChI=1S/C19H19N5O2/c1-26-16-7-3-2-6-14(16)15-11-20-17-8-9-18(21-24(15)17)23-12-13-5-4-10-22(13)19(23)25/h2-3,6-9,11,13H,4-5,10,12H2,1H3/t13-/m0/s1. The summed E-state index contributed by atoms with van der Waals surface area (Å²) < 4.78 is 7.26. The third kappa shape index (κ3) is 2.16. The van der Waals surface area contributed by atoms with E-state index in [2.05, 4.69) is 4.98 Å². The van der Waals surface area contributed by atoms with Gasteiger partial charge in [-0.3, -0.25) is 4.90 Å². The molecule has 0 radical (unpaired) electrons. The summed E-state index contributed by atoms with van der Waals surface area (Å²) in [6.45, 7) is 1.55. The van der Waals surface area contributed by atoms with E-state index in [4.69, 9.17) is 9.84 Å². The van der Waals surface area contributed by atoms with Gasteiger partial charge in [0.05, 0.1) is 25.0 Å². The van der Waals surface area contributed by atoms with Crippen LogP contribution >= 0.6 is 0 Å². The SMILES string of the molecule is COc1ccccc1-c1cnc2ccc(N3C[C@@H]4CCCN4C3=O)nn12. The van der Waals surface area contributed by atoms with Crippen molar-refractivity contribution in [1.29, 1.82) is 0 Å². The van der Waals surface area contributed by atoms with Crippen molar-refractivity contribution < 1.29 is 9.53 Å². The summed E-state index contributed by atoms with van der Waals surface area (Å²) in [5.41, 5.74) is 2.49. The van der Waals surface area contributed by atoms with E-state index in [0.29, 0.717) is 18.4 Å². The van der Waals surface area contributed by atoms with Crippen LogP contribution in [0.15, 0.2) is 42.6 Å². The number of carbonyl (C=O) groups is 1. The Kier molecular flexibility index (Phi) is 3.34. The lowest BCUT2D eigenvalue weighted by Gasteiger charge is -2.16. The number of benzene rings is 1. The van der Waals surface area contributed by atoms with Gasteiger partial charge in [-0.15, -0.1) is 5.10 Å². The fourth-order valence-corrected chi connectivity index (χ4v) is 3.96. The predicted molar refractivity (Wildman–Crippen MR) is 97.4 cm³/mol. The predicted octanol–water partition coefficient (Wildman–Crippen LogP) is 2.81. The quantitative estimate of drug-likeness (QED) is 0.729. The molecule has 132 valence electrons. The molecule has 7 nitrogen and oxygen atoms in total. The Bertz CT molecular complexity index is 999. The lowest BCUT2D eigenvalue weighted by Crippen LogP contribution is -2.32. The molecule has 2 aliphatic rings. The molecule has 0 bridgehead atoms. The highest BCUT2D eigenvalue weighted by atomic mass is 16.5. The van der Waals surface area contributed by atoms with Crippen molar-refractivity contribution in [2.45, 2.75) is 18.9 Å². The normalized spacial score (nSPS) is 19.4. The Morgan fingerprint density at radius 2 is 2.08 bits per heavy atom. The van der Waals surface area contributed by atoms with Gasteiger partial charge < -0.3 is 9.64 Å². The van der Waals surface area contributed by atoms with E-state index in [1.54, 1.807) is 22.7 Å². The maximum absolute atomic E-state index is 12.7. The zero-order valence-corrected chi connectivity index (χ0v) is 14.5. The van der Waals surface area contributed by atoms with Crippen LogP contribution in [0.1, 0.15) is 12.8 Å². The average Bonchev–Trinajstić information content (AvgIpc) is 3.37. The van der Waals surface area contributed by atoms with E-state index in [1.165, 1.54) is 0 Å². The smallest absolute Gasteiger partial charge is 0.326 e. The van der Waals surface area contributed by atoms with Gasteiger partial charge in [-0.25, -0.2) is 14.3 Å². The second-order valence-corrected chi connectivity index (χ2v) is 6.69. The number of aromatic nitrogens is 3. The fourth-order valence-electron chi connectivity index (χ4n) is 3.96. The molecular weight excluding hydrogens is 330 g/mol. The zero-order valence-electron chi connectivity index (χ0n) is 14.5. The number of amides is 2. The van der Waals surface area contributed by atoms with Gasteiger partial charge in [0.2, 0.25) is 0 Å². The van der Waals surface area contributed by atoms with Crippen molar-refractivity contribution in [3.05, 3.63) is 42.6 Å². The lowest BCUT2D eigenvalue weighted by molar-refractivity contribution is 0.219. The molecule has 0 spiro atoms. The summed E-state index contributed by atoms with van der Waals surface area (Å²) in [5, 5.41) is 4.72. The Morgan fingerprint density at radius 3 is 2.92 bits per heavy atom. The highest BCUT2D eigenvalue weighted by Crippen LogP contribution is 2.32. The lowest BCUT2D eigenvalue weighted by atomic mass is 10.1. The number of nitrogens with zero attached hydrogens (tertiary/aromatic N) is 5. The van der Waals surface area contributed by atoms with Crippen LogP contribution in [0, 0.1) is 0 Å². The molecule has 4 heterocycles. The van der Waals surface area contributed by atoms with E-state index in [-0.39, 0.29) is 6.03 Å². The van der Waals surface area contributed by atoms with E-state index in [0.717, 1.165) is 42.0 Å². The number of rotatable bonds is 3. The molecule has 0 N–H and O–H groups in total. The van der Waals surface area contributed by atoms with E-state index < -0.39 is 0 Å². The van der Waals surface area contributed by atoms with Gasteiger partial charge in [0.1, 0.15) is 5.75 Å². The fraction of sp³-hybridized carbons (Fsp3) is 0.316. The summed E-state index contributed by atoms with van der Waals surface area (Å²) in [6, 6.07) is 11.9. The first-order chi connectivity index (χ1) is 12.8. The summed E-state index contributed by atoms with van der Waals surface area (Å²) in [7, 11) is 1.65. The molecule has 26 heavy (non-hydrogen) atoms. The Balaban J connectivity index is 1.59. The van der Waals surface area contributed by atoms with Gasteiger partial charge in [0.15, 0.2) is 11.5 Å². The number of anilines is 1. The molecule has 5 rings (SSSR count). The van der Waals surface area contributed by atoms with Crippen molar-refractivity contribution in [3.63, 3.8) is 0 Å². The molecule has 2 aromatic heterocycles. The molecule has 2 saturated heterocycles. The van der Waals surface area contributed by atoms with Crippen LogP contribution in [0.2, 0.25) is 0 Å². The largest absolute Gasteiger partial charge is 0.496 e. The number of hydrogen-bond donors (Lipinski definition) is 0. The zero-order chi connectivity index (χ0) is 17.7. The third-order valence-electron chi connectivity index (χ3n) is 5.25. The second kappa shape index (κ2) is 5.72. The molecule has 1 atom stereocenters. The van der Waals surface area contributed by atoms with E-state index >= 15 is 0 Å². The Hall–Kier alpha value is -3.09. The highest BCUT2D eigenvalue weighted by molar-refractivity contribution is 5.94. The van der Waals surface area contributed by atoms with Crippen molar-refractivity contribution in [1.82, 2.24) is 19.5 Å².